The number of halogens is 2. The van der Waals surface area contributed by atoms with Crippen molar-refractivity contribution in [1.29, 1.82) is 5.26 Å². The van der Waals surface area contributed by atoms with Gasteiger partial charge in [0.25, 0.3) is 0 Å². The van der Waals surface area contributed by atoms with Crippen LogP contribution in [0.1, 0.15) is 26.7 Å². The highest BCUT2D eigenvalue weighted by Gasteiger charge is 2.15. The molecule has 0 N–H and O–H groups in total. The van der Waals surface area contributed by atoms with E-state index in [2.05, 4.69) is 6.07 Å². The van der Waals surface area contributed by atoms with Gasteiger partial charge < -0.3 is 4.74 Å². The summed E-state index contributed by atoms with van der Waals surface area (Å²) in [5, 5.41) is 9.10. The normalized spacial score (nSPS) is 11.0. The molecular formula is C13H15ClFNO. The first-order valence-electron chi connectivity index (χ1n) is 5.44. The fourth-order valence-electron chi connectivity index (χ4n) is 1.34. The van der Waals surface area contributed by atoms with Crippen LogP contribution in [0.25, 0.3) is 0 Å². The van der Waals surface area contributed by atoms with Crippen molar-refractivity contribution in [3.05, 3.63) is 29.0 Å². The first-order valence-corrected chi connectivity index (χ1v) is 5.81. The molecule has 0 bridgehead atoms. The van der Waals surface area contributed by atoms with E-state index in [0.29, 0.717) is 12.4 Å². The van der Waals surface area contributed by atoms with Gasteiger partial charge in [0.05, 0.1) is 23.1 Å². The molecule has 0 saturated heterocycles. The molecule has 0 spiro atoms. The van der Waals surface area contributed by atoms with E-state index in [1.54, 1.807) is 0 Å². The van der Waals surface area contributed by atoms with Crippen LogP contribution >= 0.6 is 11.6 Å². The summed E-state index contributed by atoms with van der Waals surface area (Å²) in [4.78, 5) is 0. The largest absolute Gasteiger partial charge is 0.492 e. The number of rotatable bonds is 5. The summed E-state index contributed by atoms with van der Waals surface area (Å²) in [6, 6.07) is 6.26. The van der Waals surface area contributed by atoms with E-state index in [1.807, 2.05) is 13.8 Å². The van der Waals surface area contributed by atoms with Crippen molar-refractivity contribution in [2.75, 3.05) is 6.61 Å². The third-order valence-electron chi connectivity index (χ3n) is 2.40. The van der Waals surface area contributed by atoms with Gasteiger partial charge in [-0.3, -0.25) is 0 Å². The minimum absolute atomic E-state index is 0.268. The van der Waals surface area contributed by atoms with Crippen LogP contribution in [0, 0.1) is 22.6 Å². The lowest BCUT2D eigenvalue weighted by Crippen LogP contribution is -2.10. The van der Waals surface area contributed by atoms with Crippen molar-refractivity contribution in [2.24, 2.45) is 5.41 Å². The summed E-state index contributed by atoms with van der Waals surface area (Å²) in [6.45, 7) is 4.24. The maximum absolute atomic E-state index is 12.8. The summed E-state index contributed by atoms with van der Waals surface area (Å²) in [5.74, 6) is 0.0933. The Morgan fingerprint density at radius 1 is 1.47 bits per heavy atom. The van der Waals surface area contributed by atoms with Gasteiger partial charge in [-0.05, 0) is 44.9 Å². The molecule has 0 heterocycles. The van der Waals surface area contributed by atoms with Gasteiger partial charge in [0, 0.05) is 0 Å². The van der Waals surface area contributed by atoms with E-state index in [0.717, 1.165) is 12.8 Å². The molecule has 0 unspecified atom stereocenters. The van der Waals surface area contributed by atoms with Gasteiger partial charge in [0.15, 0.2) is 0 Å². The van der Waals surface area contributed by atoms with E-state index in [9.17, 15) is 4.39 Å². The number of benzene rings is 1. The third kappa shape index (κ3) is 4.62. The molecule has 0 aromatic heterocycles. The Morgan fingerprint density at radius 2 is 2.18 bits per heavy atom. The zero-order valence-corrected chi connectivity index (χ0v) is 10.7. The lowest BCUT2D eigenvalue weighted by molar-refractivity contribution is 0.284. The van der Waals surface area contributed by atoms with E-state index in [-0.39, 0.29) is 16.3 Å². The van der Waals surface area contributed by atoms with Crippen LogP contribution in [0.4, 0.5) is 4.39 Å². The molecule has 2 nitrogen and oxygen atoms in total. The fraction of sp³-hybridized carbons (Fsp3) is 0.462. The van der Waals surface area contributed by atoms with Crippen molar-refractivity contribution in [2.45, 2.75) is 26.7 Å². The number of ether oxygens (including phenoxy) is 1. The Labute approximate surface area is 106 Å². The molecule has 1 rings (SSSR count). The Kier molecular flexibility index (Phi) is 4.77. The maximum Gasteiger partial charge on any atom is 0.138 e. The van der Waals surface area contributed by atoms with Crippen LogP contribution in [-0.2, 0) is 0 Å². The predicted octanol–water partition coefficient (Wildman–Crippen LogP) is 4.19. The average Bonchev–Trinajstić information content (AvgIpc) is 2.27. The SMILES string of the molecule is CC(C)(C#N)CCCOc1ccc(F)cc1Cl. The third-order valence-corrected chi connectivity index (χ3v) is 2.70. The van der Waals surface area contributed by atoms with Crippen LogP contribution in [0.5, 0.6) is 5.75 Å². The van der Waals surface area contributed by atoms with Crippen molar-refractivity contribution in [3.63, 3.8) is 0 Å². The van der Waals surface area contributed by atoms with Gasteiger partial charge >= 0.3 is 0 Å². The molecule has 0 fully saturated rings. The second-order valence-corrected chi connectivity index (χ2v) is 4.93. The van der Waals surface area contributed by atoms with Gasteiger partial charge in [-0.2, -0.15) is 5.26 Å². The van der Waals surface area contributed by atoms with E-state index in [4.69, 9.17) is 21.6 Å². The lowest BCUT2D eigenvalue weighted by Gasteiger charge is -2.15. The molecular weight excluding hydrogens is 241 g/mol. The molecule has 0 atom stereocenters. The lowest BCUT2D eigenvalue weighted by atomic mass is 9.90. The second-order valence-electron chi connectivity index (χ2n) is 4.52. The van der Waals surface area contributed by atoms with Gasteiger partial charge in [-0.1, -0.05) is 11.6 Å². The van der Waals surface area contributed by atoms with Crippen molar-refractivity contribution in [1.82, 2.24) is 0 Å². The molecule has 0 saturated carbocycles. The van der Waals surface area contributed by atoms with Gasteiger partial charge in [-0.15, -0.1) is 0 Å². The molecule has 0 amide bonds. The zero-order valence-electron chi connectivity index (χ0n) is 9.96. The average molecular weight is 256 g/mol. The molecule has 0 radical (unpaired) electrons. The van der Waals surface area contributed by atoms with Crippen LogP contribution in [-0.4, -0.2) is 6.61 Å². The van der Waals surface area contributed by atoms with Crippen LogP contribution < -0.4 is 4.74 Å². The minimum Gasteiger partial charge on any atom is -0.492 e. The maximum atomic E-state index is 12.8. The van der Waals surface area contributed by atoms with Gasteiger partial charge in [0.1, 0.15) is 11.6 Å². The standard InChI is InChI=1S/C13H15ClFNO/c1-13(2,9-16)6-3-7-17-12-5-4-10(15)8-11(12)14/h4-5,8H,3,6-7H2,1-2H3. The van der Waals surface area contributed by atoms with Crippen molar-refractivity contribution in [3.8, 4) is 11.8 Å². The smallest absolute Gasteiger partial charge is 0.138 e. The monoisotopic (exact) mass is 255 g/mol. The summed E-state index contributed by atoms with van der Waals surface area (Å²) in [7, 11) is 0. The fourth-order valence-corrected chi connectivity index (χ4v) is 1.57. The number of hydrogen-bond acceptors (Lipinski definition) is 2. The highest BCUT2D eigenvalue weighted by atomic mass is 35.5. The minimum atomic E-state index is -0.382. The molecule has 92 valence electrons. The van der Waals surface area contributed by atoms with E-state index < -0.39 is 0 Å². The van der Waals surface area contributed by atoms with Crippen molar-refractivity contribution < 1.29 is 9.13 Å². The molecule has 17 heavy (non-hydrogen) atoms. The Morgan fingerprint density at radius 3 is 2.76 bits per heavy atom. The molecule has 1 aromatic rings. The van der Waals surface area contributed by atoms with Gasteiger partial charge in [-0.25, -0.2) is 4.39 Å². The first kappa shape index (κ1) is 13.8. The highest BCUT2D eigenvalue weighted by Crippen LogP contribution is 2.26. The van der Waals surface area contributed by atoms with Crippen molar-refractivity contribution >= 4 is 11.6 Å². The number of nitrogens with zero attached hydrogens (tertiary/aromatic N) is 1. The summed E-state index contributed by atoms with van der Waals surface area (Å²) >= 11 is 5.81. The molecule has 0 aliphatic heterocycles. The Balaban J connectivity index is 2.39. The summed E-state index contributed by atoms with van der Waals surface area (Å²) in [5.41, 5.74) is -0.337. The highest BCUT2D eigenvalue weighted by molar-refractivity contribution is 6.32. The Hall–Kier alpha value is -1.27. The molecule has 1 aromatic carbocycles. The van der Waals surface area contributed by atoms with Gasteiger partial charge in [0.2, 0.25) is 0 Å². The number of nitriles is 1. The van der Waals surface area contributed by atoms with Crippen LogP contribution in [0.3, 0.4) is 0 Å². The first-order chi connectivity index (χ1) is 7.94. The van der Waals surface area contributed by atoms with E-state index in [1.165, 1.54) is 18.2 Å². The van der Waals surface area contributed by atoms with Crippen LogP contribution in [0.15, 0.2) is 18.2 Å². The second kappa shape index (κ2) is 5.88. The van der Waals surface area contributed by atoms with Crippen LogP contribution in [0.2, 0.25) is 5.02 Å². The summed E-state index contributed by atoms with van der Waals surface area (Å²) < 4.78 is 18.2. The quantitative estimate of drug-likeness (QED) is 0.739. The Bertz CT molecular complexity index is 426. The molecule has 0 aliphatic rings. The zero-order chi connectivity index (χ0) is 12.9. The number of hydrogen-bond donors (Lipinski definition) is 0. The molecule has 0 aliphatic carbocycles. The topological polar surface area (TPSA) is 33.0 Å². The van der Waals surface area contributed by atoms with E-state index >= 15 is 0 Å². The molecule has 4 heteroatoms. The predicted molar refractivity (Wildman–Crippen MR) is 65.5 cm³/mol. The summed E-state index contributed by atoms with van der Waals surface area (Å²) in [6.07, 6.45) is 1.51.